The van der Waals surface area contributed by atoms with Crippen LogP contribution in [-0.2, 0) is 10.0 Å². The molecule has 0 spiro atoms. The molecule has 2 atom stereocenters. The number of sulfonamides is 1. The summed E-state index contributed by atoms with van der Waals surface area (Å²) in [6.07, 6.45) is 2.44. The third kappa shape index (κ3) is 5.93. The van der Waals surface area contributed by atoms with E-state index in [1.54, 1.807) is 31.2 Å². The van der Waals surface area contributed by atoms with Crippen LogP contribution in [0.4, 0.5) is 10.8 Å². The zero-order chi connectivity index (χ0) is 24.3. The second-order valence-electron chi connectivity index (χ2n) is 8.46. The molecule has 4 rings (SSSR count). The van der Waals surface area contributed by atoms with E-state index in [9.17, 15) is 13.2 Å². The summed E-state index contributed by atoms with van der Waals surface area (Å²) in [6, 6.07) is 13.8. The number of benzene rings is 2. The van der Waals surface area contributed by atoms with E-state index in [-0.39, 0.29) is 9.47 Å². The highest BCUT2D eigenvalue weighted by molar-refractivity contribution is 7.91. The summed E-state index contributed by atoms with van der Waals surface area (Å²) in [5.74, 6) is 0.244. The Morgan fingerprint density at radius 2 is 1.85 bits per heavy atom. The smallest absolute Gasteiger partial charge is 0.270 e. The number of carbonyl (C=O) groups is 1. The van der Waals surface area contributed by atoms with Crippen LogP contribution in [0.15, 0.2) is 52.9 Å². The Hall–Kier alpha value is -2.53. The molecule has 1 amide bonds. The minimum atomic E-state index is -3.92. The van der Waals surface area contributed by atoms with E-state index in [1.165, 1.54) is 12.8 Å². The molecule has 11 heteroatoms. The number of anilines is 2. The number of hydrogen-bond donors (Lipinski definition) is 2. The Morgan fingerprint density at radius 1 is 1.15 bits per heavy atom. The summed E-state index contributed by atoms with van der Waals surface area (Å²) in [6.45, 7) is 6.12. The van der Waals surface area contributed by atoms with Crippen LogP contribution in [0.2, 0.25) is 5.02 Å². The first kappa shape index (κ1) is 24.6. The van der Waals surface area contributed by atoms with Crippen LogP contribution in [0.25, 0.3) is 0 Å². The number of halogens is 1. The van der Waals surface area contributed by atoms with Crippen molar-refractivity contribution in [2.75, 3.05) is 23.3 Å². The van der Waals surface area contributed by atoms with Gasteiger partial charge in [-0.15, -0.1) is 10.2 Å². The maximum atomic E-state index is 12.8. The number of nitrogens with one attached hydrogen (secondary N) is 2. The van der Waals surface area contributed by atoms with Gasteiger partial charge in [0.25, 0.3) is 15.9 Å². The minimum absolute atomic E-state index is 0.0908. The summed E-state index contributed by atoms with van der Waals surface area (Å²) in [7, 11) is -3.92. The van der Waals surface area contributed by atoms with Gasteiger partial charge in [0.15, 0.2) is 0 Å². The van der Waals surface area contributed by atoms with E-state index in [0.29, 0.717) is 16.5 Å². The van der Waals surface area contributed by atoms with E-state index in [0.717, 1.165) is 35.7 Å². The normalized spacial score (nSPS) is 17.4. The Bertz CT molecular complexity index is 1250. The predicted molar refractivity (Wildman–Crippen MR) is 135 cm³/mol. The molecule has 2 N–H and O–H groups in total. The van der Waals surface area contributed by atoms with E-state index >= 15 is 0 Å². The minimum Gasteiger partial charge on any atom is -0.371 e. The molecule has 180 valence electrons. The average Bonchev–Trinajstić information content (AvgIpc) is 3.29. The van der Waals surface area contributed by atoms with E-state index in [2.05, 4.69) is 32.1 Å². The molecule has 2 heterocycles. The Labute approximate surface area is 208 Å². The molecule has 2 aromatic carbocycles. The van der Waals surface area contributed by atoms with Gasteiger partial charge in [-0.3, -0.25) is 10.1 Å². The number of carbonyl (C=O) groups excluding carboxylic acids is 1. The molecule has 1 saturated heterocycles. The summed E-state index contributed by atoms with van der Waals surface area (Å²) < 4.78 is 28.1. The highest BCUT2D eigenvalue weighted by Crippen LogP contribution is 2.26. The topological polar surface area (TPSA) is 104 Å². The van der Waals surface area contributed by atoms with Crippen molar-refractivity contribution in [2.45, 2.75) is 37.1 Å². The van der Waals surface area contributed by atoms with Gasteiger partial charge >= 0.3 is 0 Å². The fourth-order valence-corrected chi connectivity index (χ4v) is 6.16. The van der Waals surface area contributed by atoms with E-state index in [1.807, 2.05) is 24.3 Å². The average molecular weight is 520 g/mol. The van der Waals surface area contributed by atoms with Crippen molar-refractivity contribution in [1.29, 1.82) is 0 Å². The molecule has 1 aliphatic heterocycles. The third-order valence-electron chi connectivity index (χ3n) is 5.71. The third-order valence-corrected chi connectivity index (χ3v) is 8.71. The maximum Gasteiger partial charge on any atom is 0.270 e. The summed E-state index contributed by atoms with van der Waals surface area (Å²) in [4.78, 5) is 14.7. The van der Waals surface area contributed by atoms with Gasteiger partial charge in [-0.1, -0.05) is 42.0 Å². The molecular formula is C23H26ClN5O3S2. The monoisotopic (exact) mass is 519 g/mol. The Morgan fingerprint density at radius 3 is 2.53 bits per heavy atom. The maximum absolute atomic E-state index is 12.8. The van der Waals surface area contributed by atoms with Gasteiger partial charge in [-0.25, -0.2) is 13.1 Å². The Balaban J connectivity index is 1.39. The summed E-state index contributed by atoms with van der Waals surface area (Å²) >= 11 is 6.62. The van der Waals surface area contributed by atoms with Crippen molar-refractivity contribution >= 4 is 49.7 Å². The van der Waals surface area contributed by atoms with Crippen molar-refractivity contribution in [3.63, 3.8) is 0 Å². The zero-order valence-corrected chi connectivity index (χ0v) is 21.3. The molecule has 34 heavy (non-hydrogen) atoms. The van der Waals surface area contributed by atoms with Crippen LogP contribution in [0.1, 0.15) is 48.7 Å². The van der Waals surface area contributed by atoms with Crippen LogP contribution >= 0.6 is 22.9 Å². The fraction of sp³-hybridized carbons (Fsp3) is 0.348. The molecule has 1 aliphatic rings. The molecule has 8 nitrogen and oxygen atoms in total. The number of rotatable bonds is 7. The quantitative estimate of drug-likeness (QED) is 0.438. The molecule has 0 bridgehead atoms. The first-order valence-electron chi connectivity index (χ1n) is 11.0. The molecular weight excluding hydrogens is 494 g/mol. The first-order chi connectivity index (χ1) is 16.2. The van der Waals surface area contributed by atoms with Gasteiger partial charge in [0.05, 0.1) is 0 Å². The molecule has 0 radical (unpaired) electrons. The molecule has 0 unspecified atom stereocenters. The van der Waals surface area contributed by atoms with Crippen LogP contribution in [0, 0.1) is 5.92 Å². The van der Waals surface area contributed by atoms with E-state index in [4.69, 9.17) is 11.6 Å². The van der Waals surface area contributed by atoms with Gasteiger partial charge in [-0.2, -0.15) is 0 Å². The predicted octanol–water partition coefficient (Wildman–Crippen LogP) is 4.72. The number of amides is 1. The highest BCUT2D eigenvalue weighted by atomic mass is 35.5. The van der Waals surface area contributed by atoms with Gasteiger partial charge < -0.3 is 4.90 Å². The van der Waals surface area contributed by atoms with Crippen molar-refractivity contribution in [1.82, 2.24) is 14.9 Å². The molecule has 3 aromatic rings. The van der Waals surface area contributed by atoms with Crippen LogP contribution in [0.3, 0.4) is 0 Å². The second-order valence-corrected chi connectivity index (χ2v) is 11.8. The largest absolute Gasteiger partial charge is 0.371 e. The van der Waals surface area contributed by atoms with Crippen LogP contribution < -0.4 is 14.9 Å². The number of hydrogen-bond acceptors (Lipinski definition) is 7. The molecule has 0 aliphatic carbocycles. The lowest BCUT2D eigenvalue weighted by molar-refractivity contribution is 0.102. The van der Waals surface area contributed by atoms with Gasteiger partial charge in [-0.05, 0) is 67.6 Å². The molecule has 0 saturated carbocycles. The van der Waals surface area contributed by atoms with Gasteiger partial charge in [0.1, 0.15) is 0 Å². The van der Waals surface area contributed by atoms with Crippen LogP contribution in [-0.4, -0.2) is 37.6 Å². The zero-order valence-electron chi connectivity index (χ0n) is 18.9. The summed E-state index contributed by atoms with van der Waals surface area (Å²) in [5.41, 5.74) is 2.37. The fourth-order valence-electron chi connectivity index (χ4n) is 3.89. The summed E-state index contributed by atoms with van der Waals surface area (Å²) in [5, 5.41) is 10.7. The lowest BCUT2D eigenvalue weighted by Gasteiger charge is -2.33. The van der Waals surface area contributed by atoms with Gasteiger partial charge in [0, 0.05) is 35.4 Å². The van der Waals surface area contributed by atoms with Gasteiger partial charge in [0.2, 0.25) is 9.47 Å². The SMILES string of the molecule is C[C@@H]1CCCN(c2ccc([C@@H](C)NS(=O)(=O)c3nnc(NC(=O)c4ccc(Cl)cc4)s3)cc2)C1. The second kappa shape index (κ2) is 10.4. The van der Waals surface area contributed by atoms with Crippen LogP contribution in [0.5, 0.6) is 0 Å². The lowest BCUT2D eigenvalue weighted by atomic mass is 9.99. The van der Waals surface area contributed by atoms with Crippen molar-refractivity contribution in [3.05, 3.63) is 64.7 Å². The number of nitrogens with zero attached hydrogens (tertiary/aromatic N) is 3. The standard InChI is InChI=1S/C23H26ClN5O3S2/c1-15-4-3-13-29(14-15)20-11-7-17(8-12-20)16(2)28-34(31,32)23-27-26-22(33-23)25-21(30)18-5-9-19(24)10-6-18/h5-12,15-16,28H,3-4,13-14H2,1-2H3,(H,25,26,30)/t15-,16-/m1/s1. The molecule has 1 aromatic heterocycles. The Kier molecular flexibility index (Phi) is 7.51. The highest BCUT2D eigenvalue weighted by Gasteiger charge is 2.24. The van der Waals surface area contributed by atoms with E-state index < -0.39 is 22.0 Å². The number of piperidine rings is 1. The van der Waals surface area contributed by atoms with Crippen molar-refractivity contribution in [2.24, 2.45) is 5.92 Å². The molecule has 1 fully saturated rings. The van der Waals surface area contributed by atoms with Crippen molar-refractivity contribution < 1.29 is 13.2 Å². The first-order valence-corrected chi connectivity index (χ1v) is 13.7. The number of aromatic nitrogens is 2. The van der Waals surface area contributed by atoms with Crippen molar-refractivity contribution in [3.8, 4) is 0 Å². The lowest BCUT2D eigenvalue weighted by Crippen LogP contribution is -2.34.